The minimum Gasteiger partial charge on any atom is -0.497 e. The van der Waals surface area contributed by atoms with Gasteiger partial charge in [0.2, 0.25) is 0 Å². The maximum Gasteiger partial charge on any atom is 0.119 e. The Labute approximate surface area is 160 Å². The third-order valence-corrected chi connectivity index (χ3v) is 4.93. The van der Waals surface area contributed by atoms with Crippen LogP contribution >= 0.6 is 0 Å². The van der Waals surface area contributed by atoms with Gasteiger partial charge in [0, 0.05) is 5.56 Å². The summed E-state index contributed by atoms with van der Waals surface area (Å²) in [6.07, 6.45) is 2.00. The third kappa shape index (κ3) is 4.20. The van der Waals surface area contributed by atoms with Crippen LogP contribution in [0.4, 0.5) is 0 Å². The van der Waals surface area contributed by atoms with E-state index in [1.165, 1.54) is 28.0 Å². The van der Waals surface area contributed by atoms with Crippen LogP contribution in [0.25, 0.3) is 0 Å². The number of hydrogen-bond acceptors (Lipinski definition) is 3. The first-order valence-corrected chi connectivity index (χ1v) is 9.39. The van der Waals surface area contributed by atoms with Crippen LogP contribution in [0.2, 0.25) is 0 Å². The Morgan fingerprint density at radius 3 is 2.04 bits per heavy atom. The highest BCUT2D eigenvalue weighted by molar-refractivity contribution is 6.04. The molecule has 1 aliphatic carbocycles. The van der Waals surface area contributed by atoms with E-state index in [1.54, 1.807) is 7.11 Å². The van der Waals surface area contributed by atoms with E-state index >= 15 is 0 Å². The molecule has 1 aliphatic rings. The molecule has 27 heavy (non-hydrogen) atoms. The van der Waals surface area contributed by atoms with Crippen molar-refractivity contribution in [2.24, 2.45) is 5.10 Å². The van der Waals surface area contributed by atoms with Crippen LogP contribution in [0.15, 0.2) is 84.0 Å². The Hall–Kier alpha value is -3.07. The molecule has 0 N–H and O–H groups in total. The van der Waals surface area contributed by atoms with Gasteiger partial charge in [0.15, 0.2) is 0 Å². The average molecular weight is 356 g/mol. The third-order valence-electron chi connectivity index (χ3n) is 4.93. The van der Waals surface area contributed by atoms with Gasteiger partial charge in [-0.05, 0) is 47.7 Å². The number of hydrazone groups is 1. The molecule has 0 aliphatic heterocycles. The van der Waals surface area contributed by atoms with Gasteiger partial charge in [-0.3, -0.25) is 5.01 Å². The van der Waals surface area contributed by atoms with Gasteiger partial charge in [-0.15, -0.1) is 0 Å². The number of methoxy groups -OCH3 is 1. The predicted molar refractivity (Wildman–Crippen MR) is 110 cm³/mol. The molecule has 3 aromatic rings. The first-order chi connectivity index (χ1) is 13.3. The number of rotatable bonds is 6. The van der Waals surface area contributed by atoms with Gasteiger partial charge >= 0.3 is 0 Å². The van der Waals surface area contributed by atoms with E-state index in [1.807, 2.05) is 6.07 Å². The Balaban J connectivity index is 1.62. The zero-order valence-electron chi connectivity index (χ0n) is 15.6. The first kappa shape index (κ1) is 17.3. The molecule has 0 saturated carbocycles. The molecule has 3 heteroatoms. The van der Waals surface area contributed by atoms with Crippen LogP contribution in [0.1, 0.15) is 28.7 Å². The molecule has 3 aromatic carbocycles. The topological polar surface area (TPSA) is 24.8 Å². The fourth-order valence-electron chi connectivity index (χ4n) is 3.56. The molecule has 0 radical (unpaired) electrons. The van der Waals surface area contributed by atoms with Crippen molar-refractivity contribution in [1.82, 2.24) is 5.01 Å². The van der Waals surface area contributed by atoms with Gasteiger partial charge in [0.25, 0.3) is 0 Å². The summed E-state index contributed by atoms with van der Waals surface area (Å²) in [6.45, 7) is 1.59. The Morgan fingerprint density at radius 2 is 1.44 bits per heavy atom. The summed E-state index contributed by atoms with van der Waals surface area (Å²) in [5.74, 6) is 0.917. The lowest BCUT2D eigenvalue weighted by Gasteiger charge is -2.21. The van der Waals surface area contributed by atoms with E-state index in [0.717, 1.165) is 31.7 Å². The van der Waals surface area contributed by atoms with Gasteiger partial charge in [0.05, 0.1) is 25.9 Å². The molecule has 0 saturated heterocycles. The highest BCUT2D eigenvalue weighted by Crippen LogP contribution is 2.27. The van der Waals surface area contributed by atoms with Gasteiger partial charge in [0.1, 0.15) is 5.75 Å². The molecule has 0 heterocycles. The minimum absolute atomic E-state index is 0.796. The molecule has 136 valence electrons. The van der Waals surface area contributed by atoms with Gasteiger partial charge in [-0.1, -0.05) is 60.7 Å². The van der Waals surface area contributed by atoms with Crippen molar-refractivity contribution in [2.45, 2.75) is 25.9 Å². The summed E-state index contributed by atoms with van der Waals surface area (Å²) in [6, 6.07) is 27.4. The largest absolute Gasteiger partial charge is 0.497 e. The zero-order chi connectivity index (χ0) is 18.5. The average Bonchev–Trinajstić information content (AvgIpc) is 3.11. The quantitative estimate of drug-likeness (QED) is 0.578. The lowest BCUT2D eigenvalue weighted by molar-refractivity contribution is 0.270. The van der Waals surface area contributed by atoms with E-state index in [9.17, 15) is 0 Å². The van der Waals surface area contributed by atoms with Crippen molar-refractivity contribution in [3.63, 3.8) is 0 Å². The van der Waals surface area contributed by atoms with Crippen molar-refractivity contribution in [3.05, 3.63) is 101 Å². The monoisotopic (exact) mass is 356 g/mol. The van der Waals surface area contributed by atoms with Crippen LogP contribution in [-0.2, 0) is 19.5 Å². The number of benzene rings is 3. The lowest BCUT2D eigenvalue weighted by Crippen LogP contribution is -2.19. The van der Waals surface area contributed by atoms with Crippen molar-refractivity contribution >= 4 is 5.71 Å². The highest BCUT2D eigenvalue weighted by atomic mass is 16.5. The van der Waals surface area contributed by atoms with Crippen molar-refractivity contribution in [1.29, 1.82) is 0 Å². The molecule has 4 rings (SSSR count). The maximum absolute atomic E-state index is 5.36. The summed E-state index contributed by atoms with van der Waals surface area (Å²) in [7, 11) is 1.72. The molecule has 0 amide bonds. The minimum atomic E-state index is 0.796. The second kappa shape index (κ2) is 8.09. The van der Waals surface area contributed by atoms with Gasteiger partial charge < -0.3 is 4.74 Å². The molecular weight excluding hydrogens is 332 g/mol. The van der Waals surface area contributed by atoms with Crippen molar-refractivity contribution in [2.75, 3.05) is 7.11 Å². The fraction of sp³-hybridized carbons (Fsp3) is 0.208. The molecule has 0 fully saturated rings. The normalized spacial score (nSPS) is 14.2. The van der Waals surface area contributed by atoms with Crippen LogP contribution in [0.5, 0.6) is 5.75 Å². The Bertz CT molecular complexity index is 878. The summed E-state index contributed by atoms with van der Waals surface area (Å²) in [4.78, 5) is 0. The standard InChI is InChI=1S/C24H24N2O/c1-27-22-13-14-23-21(16-22)12-15-24(23)25-26(17-19-8-4-2-5-9-19)18-20-10-6-3-7-11-20/h2-11,13-14,16H,12,15,17-18H2,1H3. The summed E-state index contributed by atoms with van der Waals surface area (Å²) in [5, 5.41) is 7.25. The molecule has 3 nitrogen and oxygen atoms in total. The summed E-state index contributed by atoms with van der Waals surface area (Å²) >= 11 is 0. The van der Waals surface area contributed by atoms with Gasteiger partial charge in [-0.2, -0.15) is 5.10 Å². The number of nitrogens with zero attached hydrogens (tertiary/aromatic N) is 2. The van der Waals surface area contributed by atoms with E-state index in [-0.39, 0.29) is 0 Å². The number of fused-ring (bicyclic) bond motifs is 1. The molecule has 0 unspecified atom stereocenters. The van der Waals surface area contributed by atoms with Crippen LogP contribution < -0.4 is 4.74 Å². The maximum atomic E-state index is 5.36. The smallest absolute Gasteiger partial charge is 0.119 e. The van der Waals surface area contributed by atoms with Crippen molar-refractivity contribution in [3.8, 4) is 5.75 Å². The SMILES string of the molecule is COc1ccc2c(c1)CCC2=NN(Cc1ccccc1)Cc1ccccc1. The number of hydrogen-bond donors (Lipinski definition) is 0. The molecular formula is C24H24N2O. The van der Waals surface area contributed by atoms with Crippen molar-refractivity contribution < 1.29 is 4.74 Å². The molecule has 0 atom stereocenters. The number of ether oxygens (including phenoxy) is 1. The van der Waals surface area contributed by atoms with E-state index < -0.39 is 0 Å². The first-order valence-electron chi connectivity index (χ1n) is 9.39. The van der Waals surface area contributed by atoms with Crippen LogP contribution in [-0.4, -0.2) is 17.8 Å². The van der Waals surface area contributed by atoms with E-state index in [4.69, 9.17) is 9.84 Å². The van der Waals surface area contributed by atoms with E-state index in [2.05, 4.69) is 77.8 Å². The second-order valence-corrected chi connectivity index (χ2v) is 6.86. The zero-order valence-corrected chi connectivity index (χ0v) is 15.6. The van der Waals surface area contributed by atoms with Crippen LogP contribution in [0, 0.1) is 0 Å². The molecule has 0 spiro atoms. The predicted octanol–water partition coefficient (Wildman–Crippen LogP) is 5.05. The summed E-state index contributed by atoms with van der Waals surface area (Å²) < 4.78 is 5.36. The van der Waals surface area contributed by atoms with Gasteiger partial charge in [-0.25, -0.2) is 0 Å². The number of aryl methyl sites for hydroxylation is 1. The molecule has 0 bridgehead atoms. The van der Waals surface area contributed by atoms with E-state index in [0.29, 0.717) is 0 Å². The Morgan fingerprint density at radius 1 is 0.815 bits per heavy atom. The second-order valence-electron chi connectivity index (χ2n) is 6.86. The Kier molecular flexibility index (Phi) is 5.20. The fourth-order valence-corrected chi connectivity index (χ4v) is 3.56. The molecule has 0 aromatic heterocycles. The summed E-state index contributed by atoms with van der Waals surface area (Å²) in [5.41, 5.74) is 6.28. The van der Waals surface area contributed by atoms with Crippen LogP contribution in [0.3, 0.4) is 0 Å². The lowest BCUT2D eigenvalue weighted by atomic mass is 10.1. The highest BCUT2D eigenvalue weighted by Gasteiger charge is 2.19.